The molecule has 2 aromatic carbocycles. The molecule has 0 saturated heterocycles. The van der Waals surface area contributed by atoms with Crippen molar-refractivity contribution in [2.75, 3.05) is 0 Å². The van der Waals surface area contributed by atoms with Gasteiger partial charge in [-0.2, -0.15) is 10.2 Å². The summed E-state index contributed by atoms with van der Waals surface area (Å²) in [6, 6.07) is 17.3. The molecule has 30 heavy (non-hydrogen) atoms. The molecule has 1 N–H and O–H groups in total. The van der Waals surface area contributed by atoms with Crippen molar-refractivity contribution in [1.29, 1.82) is 0 Å². The molecule has 0 aliphatic heterocycles. The first kappa shape index (κ1) is 19.6. The van der Waals surface area contributed by atoms with Gasteiger partial charge in [0.1, 0.15) is 5.82 Å². The van der Waals surface area contributed by atoms with Crippen molar-refractivity contribution in [2.24, 2.45) is 0 Å². The molecule has 6 nitrogen and oxygen atoms in total. The number of amides is 1. The van der Waals surface area contributed by atoms with Crippen LogP contribution >= 0.6 is 0 Å². The maximum absolute atomic E-state index is 13.2. The van der Waals surface area contributed by atoms with Gasteiger partial charge < -0.3 is 5.32 Å². The Balaban J connectivity index is 1.53. The fraction of sp³-hybridized carbons (Fsp3) is 0.174. The molecular weight excluding hydrogens is 381 g/mol. The van der Waals surface area contributed by atoms with E-state index in [1.165, 1.54) is 12.1 Å². The van der Waals surface area contributed by atoms with Crippen LogP contribution in [0.5, 0.6) is 0 Å². The van der Waals surface area contributed by atoms with Crippen LogP contribution in [0.15, 0.2) is 66.9 Å². The first-order valence-corrected chi connectivity index (χ1v) is 9.67. The zero-order valence-electron chi connectivity index (χ0n) is 17.0. The summed E-state index contributed by atoms with van der Waals surface area (Å²) in [5.41, 5.74) is 4.65. The summed E-state index contributed by atoms with van der Waals surface area (Å²) in [6.07, 6.45) is 1.72. The van der Waals surface area contributed by atoms with Gasteiger partial charge in [-0.1, -0.05) is 18.2 Å². The molecule has 0 aliphatic rings. The van der Waals surface area contributed by atoms with Gasteiger partial charge in [0, 0.05) is 17.0 Å². The highest BCUT2D eigenvalue weighted by Gasteiger charge is 2.19. The second kappa shape index (κ2) is 7.94. The standard InChI is InChI=1S/C23H22FN5O/c1-15-13-22(27-28(15)19-7-5-4-6-8-19)23(30)26-16(2)21-14-25-29(17(21)3)20-11-9-18(24)10-12-20/h4-14,16H,1-3H3,(H,26,30). The van der Waals surface area contributed by atoms with E-state index in [0.29, 0.717) is 5.69 Å². The van der Waals surface area contributed by atoms with Gasteiger partial charge in [-0.15, -0.1) is 0 Å². The molecule has 4 rings (SSSR count). The Morgan fingerprint density at radius 1 is 1.00 bits per heavy atom. The van der Waals surface area contributed by atoms with Gasteiger partial charge in [0.05, 0.1) is 23.6 Å². The Kier molecular flexibility index (Phi) is 5.18. The lowest BCUT2D eigenvalue weighted by atomic mass is 10.1. The van der Waals surface area contributed by atoms with E-state index in [-0.39, 0.29) is 17.8 Å². The summed E-state index contributed by atoms with van der Waals surface area (Å²) in [7, 11) is 0. The van der Waals surface area contributed by atoms with Crippen LogP contribution in [0.1, 0.15) is 40.4 Å². The smallest absolute Gasteiger partial charge is 0.272 e. The van der Waals surface area contributed by atoms with Gasteiger partial charge in [0.2, 0.25) is 0 Å². The Morgan fingerprint density at radius 3 is 2.37 bits per heavy atom. The number of para-hydroxylation sites is 1. The Labute approximate surface area is 174 Å². The number of rotatable bonds is 5. The number of aryl methyl sites for hydroxylation is 1. The lowest BCUT2D eigenvalue weighted by Crippen LogP contribution is -2.27. The van der Waals surface area contributed by atoms with E-state index in [9.17, 15) is 9.18 Å². The Morgan fingerprint density at radius 2 is 1.67 bits per heavy atom. The predicted molar refractivity (Wildman–Crippen MR) is 112 cm³/mol. The van der Waals surface area contributed by atoms with Gasteiger partial charge in [-0.25, -0.2) is 13.8 Å². The number of halogens is 1. The van der Waals surface area contributed by atoms with E-state index in [0.717, 1.165) is 28.3 Å². The number of hydrogen-bond donors (Lipinski definition) is 1. The Bertz CT molecular complexity index is 1180. The average Bonchev–Trinajstić information content (AvgIpc) is 3.32. The van der Waals surface area contributed by atoms with Gasteiger partial charge >= 0.3 is 0 Å². The zero-order valence-corrected chi connectivity index (χ0v) is 17.0. The highest BCUT2D eigenvalue weighted by atomic mass is 19.1. The average molecular weight is 403 g/mol. The molecule has 1 unspecified atom stereocenters. The lowest BCUT2D eigenvalue weighted by Gasteiger charge is -2.13. The molecule has 4 aromatic rings. The molecule has 152 valence electrons. The molecule has 2 aromatic heterocycles. The van der Waals surface area contributed by atoms with Gasteiger partial charge in [0.25, 0.3) is 5.91 Å². The van der Waals surface area contributed by atoms with E-state index in [4.69, 9.17) is 0 Å². The van der Waals surface area contributed by atoms with Crippen LogP contribution in [0.3, 0.4) is 0 Å². The molecule has 7 heteroatoms. The van der Waals surface area contributed by atoms with Crippen LogP contribution in [0.25, 0.3) is 11.4 Å². The topological polar surface area (TPSA) is 64.7 Å². The predicted octanol–water partition coefficient (Wildman–Crippen LogP) is 4.30. The summed E-state index contributed by atoms with van der Waals surface area (Å²) < 4.78 is 16.7. The molecule has 0 fully saturated rings. The van der Waals surface area contributed by atoms with Gasteiger partial charge in [0.15, 0.2) is 5.69 Å². The maximum atomic E-state index is 13.2. The first-order chi connectivity index (χ1) is 14.4. The van der Waals surface area contributed by atoms with Crippen LogP contribution in [0.4, 0.5) is 4.39 Å². The monoisotopic (exact) mass is 403 g/mol. The quantitative estimate of drug-likeness (QED) is 0.540. The van der Waals surface area contributed by atoms with Crippen LogP contribution < -0.4 is 5.32 Å². The number of nitrogens with one attached hydrogen (secondary N) is 1. The number of hydrogen-bond acceptors (Lipinski definition) is 3. The molecular formula is C23H22FN5O. The largest absolute Gasteiger partial charge is 0.344 e. The molecule has 0 bridgehead atoms. The third-order valence-electron chi connectivity index (χ3n) is 5.05. The molecule has 0 radical (unpaired) electrons. The summed E-state index contributed by atoms with van der Waals surface area (Å²) in [4.78, 5) is 12.8. The number of aromatic nitrogens is 4. The van der Waals surface area contributed by atoms with Crippen molar-refractivity contribution in [3.63, 3.8) is 0 Å². The molecule has 0 aliphatic carbocycles. The van der Waals surface area contributed by atoms with Crippen molar-refractivity contribution < 1.29 is 9.18 Å². The minimum Gasteiger partial charge on any atom is -0.344 e. The Hall–Kier alpha value is -3.74. The minimum absolute atomic E-state index is 0.255. The number of nitrogens with zero attached hydrogens (tertiary/aromatic N) is 4. The van der Waals surface area contributed by atoms with Gasteiger partial charge in [-0.3, -0.25) is 4.79 Å². The maximum Gasteiger partial charge on any atom is 0.272 e. The van der Waals surface area contributed by atoms with E-state index in [1.807, 2.05) is 51.1 Å². The summed E-state index contributed by atoms with van der Waals surface area (Å²) >= 11 is 0. The second-order valence-corrected chi connectivity index (χ2v) is 7.19. The molecule has 0 spiro atoms. The van der Waals surface area contributed by atoms with E-state index in [1.54, 1.807) is 33.8 Å². The lowest BCUT2D eigenvalue weighted by molar-refractivity contribution is 0.0934. The minimum atomic E-state index is -0.297. The molecule has 1 atom stereocenters. The molecule has 2 heterocycles. The van der Waals surface area contributed by atoms with Crippen molar-refractivity contribution in [3.8, 4) is 11.4 Å². The summed E-state index contributed by atoms with van der Waals surface area (Å²) in [5, 5.41) is 11.8. The summed E-state index contributed by atoms with van der Waals surface area (Å²) in [6.45, 7) is 5.73. The third kappa shape index (κ3) is 3.74. The highest BCUT2D eigenvalue weighted by Crippen LogP contribution is 2.21. The zero-order chi connectivity index (χ0) is 21.3. The number of carbonyl (C=O) groups is 1. The van der Waals surface area contributed by atoms with Crippen LogP contribution in [-0.2, 0) is 0 Å². The third-order valence-corrected chi connectivity index (χ3v) is 5.05. The van der Waals surface area contributed by atoms with E-state index < -0.39 is 0 Å². The van der Waals surface area contributed by atoms with Crippen molar-refractivity contribution >= 4 is 5.91 Å². The highest BCUT2D eigenvalue weighted by molar-refractivity contribution is 5.92. The SMILES string of the molecule is Cc1cc(C(=O)NC(C)c2cnn(-c3ccc(F)cc3)c2C)nn1-c1ccccc1. The van der Waals surface area contributed by atoms with E-state index in [2.05, 4.69) is 15.5 Å². The molecule has 1 amide bonds. The van der Waals surface area contributed by atoms with E-state index >= 15 is 0 Å². The fourth-order valence-corrected chi connectivity index (χ4v) is 3.45. The van der Waals surface area contributed by atoms with Crippen molar-refractivity contribution in [1.82, 2.24) is 24.9 Å². The first-order valence-electron chi connectivity index (χ1n) is 9.67. The van der Waals surface area contributed by atoms with Gasteiger partial charge in [-0.05, 0) is 63.2 Å². The number of carbonyl (C=O) groups excluding carboxylic acids is 1. The second-order valence-electron chi connectivity index (χ2n) is 7.19. The normalized spacial score (nSPS) is 12.0. The van der Waals surface area contributed by atoms with Crippen LogP contribution in [0.2, 0.25) is 0 Å². The fourth-order valence-electron chi connectivity index (χ4n) is 3.45. The van der Waals surface area contributed by atoms with Crippen molar-refractivity contribution in [3.05, 3.63) is 95.3 Å². The molecule has 0 saturated carbocycles. The number of benzene rings is 2. The van der Waals surface area contributed by atoms with Crippen molar-refractivity contribution in [2.45, 2.75) is 26.8 Å². The van der Waals surface area contributed by atoms with Crippen LogP contribution in [-0.4, -0.2) is 25.5 Å². The van der Waals surface area contributed by atoms with Crippen LogP contribution in [0, 0.1) is 19.7 Å². The summed E-state index contributed by atoms with van der Waals surface area (Å²) in [5.74, 6) is -0.552.